The Balaban J connectivity index is 1.94. The first kappa shape index (κ1) is 28.4. The normalized spacial score (nSPS) is 20.4. The Labute approximate surface area is 232 Å². The van der Waals surface area contributed by atoms with Crippen molar-refractivity contribution in [3.05, 3.63) is 58.1 Å². The number of carbonyl (C=O) groups excluding carboxylic acids is 4. The SMILES string of the molecule is Cc1cc(C[N+](C=O)(NC(=O)OC(C)(C)C)C2(C(=O)N3CCCC3)CC(=O)c3ccc(Cl)cc3N2)ccc1O. The topological polar surface area (TPSA) is 125 Å². The van der Waals surface area contributed by atoms with E-state index < -0.39 is 34.3 Å². The Hall–Kier alpha value is -3.63. The Morgan fingerprint density at radius 1 is 1.21 bits per heavy atom. The predicted molar refractivity (Wildman–Crippen MR) is 145 cm³/mol. The second-order valence-electron chi connectivity index (χ2n) is 11.1. The maximum atomic E-state index is 14.4. The van der Waals surface area contributed by atoms with E-state index in [2.05, 4.69) is 10.7 Å². The molecule has 0 radical (unpaired) electrons. The number of ketones is 1. The minimum Gasteiger partial charge on any atom is -0.508 e. The third-order valence-corrected chi connectivity index (χ3v) is 7.27. The molecule has 0 aliphatic carbocycles. The van der Waals surface area contributed by atoms with Crippen LogP contribution in [0.3, 0.4) is 0 Å². The van der Waals surface area contributed by atoms with Crippen molar-refractivity contribution in [1.82, 2.24) is 10.3 Å². The molecule has 10 nitrogen and oxygen atoms in total. The van der Waals surface area contributed by atoms with Gasteiger partial charge in [-0.05, 0) is 82.5 Å². The number of ether oxygens (including phenoxy) is 1. The van der Waals surface area contributed by atoms with Gasteiger partial charge < -0.3 is 20.1 Å². The number of amides is 3. The number of phenolic OH excluding ortho intramolecular Hbond substituents is 1. The third-order valence-electron chi connectivity index (χ3n) is 7.03. The summed E-state index contributed by atoms with van der Waals surface area (Å²) in [4.78, 5) is 56.2. The monoisotopic (exact) mass is 557 g/mol. The van der Waals surface area contributed by atoms with E-state index in [1.54, 1.807) is 56.9 Å². The summed E-state index contributed by atoms with van der Waals surface area (Å²) in [5, 5.41) is 13.6. The average molecular weight is 558 g/mol. The molecule has 2 unspecified atom stereocenters. The van der Waals surface area contributed by atoms with Gasteiger partial charge in [0.15, 0.2) is 5.78 Å². The van der Waals surface area contributed by atoms with Gasteiger partial charge in [0.1, 0.15) is 17.9 Å². The van der Waals surface area contributed by atoms with Crippen molar-refractivity contribution in [3.8, 4) is 5.75 Å². The van der Waals surface area contributed by atoms with Crippen LogP contribution in [0.4, 0.5) is 10.5 Å². The van der Waals surface area contributed by atoms with E-state index in [1.165, 1.54) is 12.1 Å². The number of phenols is 1. The number of hydrogen-bond acceptors (Lipinski definition) is 7. The zero-order valence-electron chi connectivity index (χ0n) is 22.5. The minimum absolute atomic E-state index is 0.0560. The predicted octanol–water partition coefficient (Wildman–Crippen LogP) is 4.28. The summed E-state index contributed by atoms with van der Waals surface area (Å²) >= 11 is 6.26. The Bertz CT molecular complexity index is 1320. The Kier molecular flexibility index (Phi) is 7.64. The molecule has 0 spiro atoms. The number of rotatable bonds is 6. The highest BCUT2D eigenvalue weighted by Crippen LogP contribution is 2.40. The molecule has 2 aromatic rings. The van der Waals surface area contributed by atoms with Crippen LogP contribution in [0.2, 0.25) is 5.02 Å². The van der Waals surface area contributed by atoms with E-state index in [0.717, 1.165) is 12.8 Å². The van der Waals surface area contributed by atoms with Crippen LogP contribution >= 0.6 is 11.6 Å². The number of benzene rings is 2. The van der Waals surface area contributed by atoms with Crippen molar-refractivity contribution in [2.45, 2.75) is 64.8 Å². The van der Waals surface area contributed by atoms with Crippen molar-refractivity contribution >= 4 is 41.5 Å². The van der Waals surface area contributed by atoms with Gasteiger partial charge in [0, 0.05) is 29.2 Å². The van der Waals surface area contributed by atoms with Gasteiger partial charge in [-0.3, -0.25) is 9.59 Å². The first-order valence-electron chi connectivity index (χ1n) is 12.8. The number of aromatic hydroxyl groups is 1. The van der Waals surface area contributed by atoms with Gasteiger partial charge in [-0.2, -0.15) is 5.43 Å². The maximum Gasteiger partial charge on any atom is 0.452 e. The Morgan fingerprint density at radius 2 is 1.90 bits per heavy atom. The molecule has 2 aliphatic rings. The number of fused-ring (bicyclic) bond motifs is 1. The highest BCUT2D eigenvalue weighted by atomic mass is 35.5. The summed E-state index contributed by atoms with van der Waals surface area (Å²) in [5.41, 5.74) is 1.47. The molecule has 11 heteroatoms. The number of halogens is 1. The lowest BCUT2D eigenvalue weighted by Gasteiger charge is -2.49. The van der Waals surface area contributed by atoms with E-state index in [1.807, 2.05) is 0 Å². The van der Waals surface area contributed by atoms with Crippen LogP contribution in [0.25, 0.3) is 0 Å². The highest BCUT2D eigenvalue weighted by Gasteiger charge is 2.64. The fourth-order valence-electron chi connectivity index (χ4n) is 5.17. The fourth-order valence-corrected chi connectivity index (χ4v) is 5.34. The zero-order valence-corrected chi connectivity index (χ0v) is 23.3. The van der Waals surface area contributed by atoms with E-state index in [4.69, 9.17) is 16.3 Å². The fraction of sp³-hybridized carbons (Fsp3) is 0.429. The number of aryl methyl sites for hydroxylation is 1. The van der Waals surface area contributed by atoms with Crippen LogP contribution in [0.1, 0.15) is 61.5 Å². The van der Waals surface area contributed by atoms with Crippen LogP contribution in [-0.4, -0.2) is 63.1 Å². The van der Waals surface area contributed by atoms with Gasteiger partial charge in [-0.1, -0.05) is 11.6 Å². The van der Waals surface area contributed by atoms with Crippen molar-refractivity contribution in [3.63, 3.8) is 0 Å². The lowest BCUT2D eigenvalue weighted by atomic mass is 9.88. The summed E-state index contributed by atoms with van der Waals surface area (Å²) in [5.74, 6) is -0.830. The van der Waals surface area contributed by atoms with Crippen LogP contribution in [-0.2, 0) is 20.9 Å². The number of hydrogen-bond donors (Lipinski definition) is 3. The number of carbonyl (C=O) groups is 4. The van der Waals surface area contributed by atoms with Gasteiger partial charge in [-0.15, -0.1) is 4.59 Å². The number of quaternary nitrogens is 1. The zero-order chi connectivity index (χ0) is 28.6. The third kappa shape index (κ3) is 5.58. The van der Waals surface area contributed by atoms with Crippen molar-refractivity contribution in [2.75, 3.05) is 18.4 Å². The van der Waals surface area contributed by atoms with Gasteiger partial charge in [0.25, 0.3) is 5.66 Å². The molecular formula is C28H34ClN4O6+. The van der Waals surface area contributed by atoms with Crippen LogP contribution in [0.5, 0.6) is 5.75 Å². The molecular weight excluding hydrogens is 524 g/mol. The van der Waals surface area contributed by atoms with E-state index in [0.29, 0.717) is 41.2 Å². The van der Waals surface area contributed by atoms with E-state index >= 15 is 0 Å². The quantitative estimate of drug-likeness (QED) is 0.275. The number of Topliss-reactive ketones (excluding diaryl/α,β-unsaturated/α-hetero) is 1. The summed E-state index contributed by atoms with van der Waals surface area (Å²) in [6.07, 6.45) is 0.648. The number of nitrogens with zero attached hydrogens (tertiary/aromatic N) is 2. The first-order chi connectivity index (χ1) is 18.3. The molecule has 2 aromatic carbocycles. The summed E-state index contributed by atoms with van der Waals surface area (Å²) in [7, 11) is 0. The molecule has 4 rings (SSSR count). The van der Waals surface area contributed by atoms with Gasteiger partial charge >= 0.3 is 18.4 Å². The summed E-state index contributed by atoms with van der Waals surface area (Å²) in [6.45, 7) is 7.40. The second-order valence-corrected chi connectivity index (χ2v) is 11.6. The van der Waals surface area contributed by atoms with Crippen LogP contribution in [0.15, 0.2) is 36.4 Å². The molecule has 0 saturated carbocycles. The summed E-state index contributed by atoms with van der Waals surface area (Å²) < 4.78 is 4.49. The average Bonchev–Trinajstić information content (AvgIpc) is 3.38. The minimum atomic E-state index is -1.95. The van der Waals surface area contributed by atoms with Gasteiger partial charge in [0.05, 0.1) is 12.1 Å². The maximum absolute atomic E-state index is 14.4. The molecule has 0 bridgehead atoms. The van der Waals surface area contributed by atoms with Gasteiger partial charge in [-0.25, -0.2) is 9.59 Å². The van der Waals surface area contributed by atoms with E-state index in [-0.39, 0.29) is 23.8 Å². The molecule has 39 heavy (non-hydrogen) atoms. The van der Waals surface area contributed by atoms with Crippen LogP contribution in [0, 0.1) is 6.92 Å². The number of nitrogens with one attached hydrogen (secondary N) is 2. The molecule has 1 fully saturated rings. The lowest BCUT2D eigenvalue weighted by molar-refractivity contribution is -0.930. The molecule has 1 saturated heterocycles. The molecule has 2 aliphatic heterocycles. The van der Waals surface area contributed by atoms with Crippen LogP contribution < -0.4 is 10.7 Å². The van der Waals surface area contributed by atoms with Crippen molar-refractivity contribution in [2.24, 2.45) is 0 Å². The molecule has 3 N–H and O–H groups in total. The van der Waals surface area contributed by atoms with Crippen molar-refractivity contribution < 1.29 is 33.6 Å². The number of anilines is 1. The lowest BCUT2D eigenvalue weighted by Crippen LogP contribution is -2.79. The smallest absolute Gasteiger partial charge is 0.452 e. The molecule has 0 aromatic heterocycles. The Morgan fingerprint density at radius 3 is 2.51 bits per heavy atom. The van der Waals surface area contributed by atoms with E-state index in [9.17, 15) is 24.3 Å². The van der Waals surface area contributed by atoms with Crippen molar-refractivity contribution in [1.29, 1.82) is 0 Å². The molecule has 208 valence electrons. The molecule has 2 atom stereocenters. The molecule has 2 heterocycles. The summed E-state index contributed by atoms with van der Waals surface area (Å²) in [6, 6.07) is 9.40. The van der Waals surface area contributed by atoms with Gasteiger partial charge in [0.2, 0.25) is 0 Å². The highest BCUT2D eigenvalue weighted by molar-refractivity contribution is 6.31. The largest absolute Gasteiger partial charge is 0.508 e. The first-order valence-corrected chi connectivity index (χ1v) is 13.2. The second kappa shape index (κ2) is 10.5. The molecule has 3 amide bonds. The standard InChI is InChI=1S/C28H33ClN4O6/c1-18-13-19(7-10-23(18)35)16-33(17-34,31-26(38)39-27(2,3)4)28(25(37)32-11-5-6-12-32)15-24(36)21-9-8-20(29)14-22(21)30-28/h7-10,13-14,17H,5-6,11-12,15-16H2,1-4H3,(H2-,30,31,35,36,38)/p+1. The number of likely N-dealkylation sites (tertiary alicyclic amines) is 1.